The third-order valence-corrected chi connectivity index (χ3v) is 3.46. The highest BCUT2D eigenvalue weighted by atomic mass is 16.4. The predicted octanol–water partition coefficient (Wildman–Crippen LogP) is -3.17. The lowest BCUT2D eigenvalue weighted by Gasteiger charge is -2.22. The van der Waals surface area contributed by atoms with Crippen LogP contribution in [0.2, 0.25) is 0 Å². The molecule has 0 aromatic heterocycles. The molecule has 0 heterocycles. The molecule has 27 heavy (non-hydrogen) atoms. The maximum atomic E-state index is 12.3. The van der Waals surface area contributed by atoms with Crippen LogP contribution >= 0.6 is 0 Å². The van der Waals surface area contributed by atoms with E-state index in [0.29, 0.717) is 6.42 Å². The third kappa shape index (κ3) is 11.4. The quantitative estimate of drug-likeness (QED) is 0.103. The van der Waals surface area contributed by atoms with Gasteiger partial charge in [0.05, 0.1) is 12.6 Å². The monoisotopic (exact) mass is 387 g/mol. The Labute approximate surface area is 157 Å². The van der Waals surface area contributed by atoms with Gasteiger partial charge in [-0.1, -0.05) is 13.8 Å². The van der Waals surface area contributed by atoms with Crippen molar-refractivity contribution in [2.24, 2.45) is 28.1 Å². The lowest BCUT2D eigenvalue weighted by atomic mass is 10.0. The molecule has 0 aromatic rings. The maximum Gasteiger partial charge on any atom is 0.322 e. The van der Waals surface area contributed by atoms with Gasteiger partial charge in [-0.3, -0.25) is 24.2 Å². The summed E-state index contributed by atoms with van der Waals surface area (Å²) in [7, 11) is 0. The maximum absolute atomic E-state index is 12.3. The lowest BCUT2D eigenvalue weighted by molar-refractivity contribution is -0.138. The number of aliphatic carboxylic acids is 1. The first-order valence-corrected chi connectivity index (χ1v) is 8.42. The van der Waals surface area contributed by atoms with E-state index in [-0.39, 0.29) is 24.8 Å². The molecule has 2 unspecified atom stereocenters. The fourth-order valence-electron chi connectivity index (χ4n) is 1.87. The molecule has 3 amide bonds. The molecular formula is C15H29N7O5. The molecular weight excluding hydrogens is 358 g/mol. The average Bonchev–Trinajstić information content (AvgIpc) is 2.58. The van der Waals surface area contributed by atoms with Crippen LogP contribution in [-0.2, 0) is 19.2 Å². The summed E-state index contributed by atoms with van der Waals surface area (Å²) < 4.78 is 0. The Morgan fingerprint density at radius 2 is 1.67 bits per heavy atom. The fourth-order valence-corrected chi connectivity index (χ4v) is 1.87. The van der Waals surface area contributed by atoms with Gasteiger partial charge < -0.3 is 38.3 Å². The number of nitrogens with two attached hydrogens (primary N) is 3. The Kier molecular flexibility index (Phi) is 11.1. The standard InChI is InChI=1S/C15H29N7O5/c1-8(2)12(16)14(27)22-9(4-3-5-19-15(17)18)13(26)21-6-10(23)20-7-11(24)25/h8-9,12H,3-7,16H2,1-2H3,(H,20,23)(H,21,26)(H,22,27)(H,24,25)(H4,17,18,19). The number of carbonyl (C=O) groups excluding carboxylic acids is 3. The molecule has 12 heteroatoms. The first-order chi connectivity index (χ1) is 12.5. The number of aliphatic imine (C=N–C) groups is 1. The number of carboxylic acids is 1. The van der Waals surface area contributed by atoms with Crippen molar-refractivity contribution in [2.45, 2.75) is 38.8 Å². The molecule has 0 rings (SSSR count). The van der Waals surface area contributed by atoms with Gasteiger partial charge in [-0.25, -0.2) is 0 Å². The molecule has 0 spiro atoms. The van der Waals surface area contributed by atoms with Crippen LogP contribution < -0.4 is 33.2 Å². The van der Waals surface area contributed by atoms with Crippen molar-refractivity contribution in [2.75, 3.05) is 19.6 Å². The number of guanidine groups is 1. The minimum absolute atomic E-state index is 0.0861. The molecule has 0 radical (unpaired) electrons. The van der Waals surface area contributed by atoms with Gasteiger partial charge in [0.25, 0.3) is 0 Å². The second-order valence-electron chi connectivity index (χ2n) is 6.17. The molecule has 0 aliphatic carbocycles. The molecule has 0 aromatic carbocycles. The van der Waals surface area contributed by atoms with E-state index < -0.39 is 48.9 Å². The van der Waals surface area contributed by atoms with Gasteiger partial charge in [0.2, 0.25) is 17.7 Å². The fraction of sp³-hybridized carbons (Fsp3) is 0.667. The number of carboxylic acid groups (broad SMARTS) is 1. The van der Waals surface area contributed by atoms with Crippen molar-refractivity contribution in [1.82, 2.24) is 16.0 Å². The van der Waals surface area contributed by atoms with E-state index in [4.69, 9.17) is 22.3 Å². The van der Waals surface area contributed by atoms with Crippen LogP contribution in [0, 0.1) is 5.92 Å². The number of hydrogen-bond donors (Lipinski definition) is 7. The lowest BCUT2D eigenvalue weighted by Crippen LogP contribution is -2.54. The van der Waals surface area contributed by atoms with Crippen molar-refractivity contribution in [1.29, 1.82) is 0 Å². The van der Waals surface area contributed by atoms with E-state index >= 15 is 0 Å². The van der Waals surface area contributed by atoms with E-state index in [1.165, 1.54) is 0 Å². The van der Waals surface area contributed by atoms with Gasteiger partial charge >= 0.3 is 5.97 Å². The minimum atomic E-state index is -1.21. The van der Waals surface area contributed by atoms with Crippen LogP contribution in [0.25, 0.3) is 0 Å². The number of carbonyl (C=O) groups is 4. The second-order valence-corrected chi connectivity index (χ2v) is 6.17. The first-order valence-electron chi connectivity index (χ1n) is 8.42. The Balaban J connectivity index is 4.76. The number of nitrogens with zero attached hydrogens (tertiary/aromatic N) is 1. The van der Waals surface area contributed by atoms with Gasteiger partial charge in [-0.05, 0) is 18.8 Å². The van der Waals surface area contributed by atoms with E-state index in [1.54, 1.807) is 13.8 Å². The van der Waals surface area contributed by atoms with E-state index in [0.717, 1.165) is 0 Å². The van der Waals surface area contributed by atoms with Crippen molar-refractivity contribution in [3.63, 3.8) is 0 Å². The zero-order valence-electron chi connectivity index (χ0n) is 15.5. The van der Waals surface area contributed by atoms with Gasteiger partial charge in [0.15, 0.2) is 5.96 Å². The Bertz CT molecular complexity index is 561. The molecule has 0 bridgehead atoms. The van der Waals surface area contributed by atoms with Crippen LogP contribution in [0.3, 0.4) is 0 Å². The molecule has 0 aliphatic heterocycles. The predicted molar refractivity (Wildman–Crippen MR) is 98.3 cm³/mol. The summed E-state index contributed by atoms with van der Waals surface area (Å²) >= 11 is 0. The third-order valence-electron chi connectivity index (χ3n) is 3.46. The highest BCUT2D eigenvalue weighted by Gasteiger charge is 2.25. The summed E-state index contributed by atoms with van der Waals surface area (Å²) in [6.07, 6.45) is 0.619. The number of amides is 3. The van der Waals surface area contributed by atoms with Gasteiger partial charge in [-0.2, -0.15) is 0 Å². The largest absolute Gasteiger partial charge is 0.480 e. The second kappa shape index (κ2) is 12.5. The highest BCUT2D eigenvalue weighted by molar-refractivity contribution is 5.92. The van der Waals surface area contributed by atoms with E-state index in [2.05, 4.69) is 20.9 Å². The summed E-state index contributed by atoms with van der Waals surface area (Å²) in [6, 6.07) is -1.74. The van der Waals surface area contributed by atoms with Gasteiger partial charge in [-0.15, -0.1) is 0 Å². The Morgan fingerprint density at radius 3 is 2.19 bits per heavy atom. The van der Waals surface area contributed by atoms with Crippen LogP contribution in [0.15, 0.2) is 4.99 Å². The zero-order valence-corrected chi connectivity index (χ0v) is 15.5. The molecule has 12 nitrogen and oxygen atoms in total. The summed E-state index contributed by atoms with van der Waals surface area (Å²) in [5.74, 6) is -3.19. The van der Waals surface area contributed by atoms with E-state index in [1.807, 2.05) is 0 Å². The van der Waals surface area contributed by atoms with E-state index in [9.17, 15) is 19.2 Å². The van der Waals surface area contributed by atoms with Crippen LogP contribution in [0.1, 0.15) is 26.7 Å². The summed E-state index contributed by atoms with van der Waals surface area (Å²) in [5, 5.41) is 15.5. The molecule has 0 aliphatic rings. The normalized spacial score (nSPS) is 12.6. The Morgan fingerprint density at radius 1 is 1.04 bits per heavy atom. The minimum Gasteiger partial charge on any atom is -0.480 e. The van der Waals surface area contributed by atoms with Crippen molar-refractivity contribution in [3.05, 3.63) is 0 Å². The molecule has 2 atom stereocenters. The molecule has 10 N–H and O–H groups in total. The number of hydrogen-bond acceptors (Lipinski definition) is 6. The average molecular weight is 387 g/mol. The zero-order chi connectivity index (χ0) is 21.0. The topological polar surface area (TPSA) is 215 Å². The first kappa shape index (κ1) is 24.1. The molecule has 0 saturated heterocycles. The van der Waals surface area contributed by atoms with Crippen LogP contribution in [0.4, 0.5) is 0 Å². The van der Waals surface area contributed by atoms with Crippen molar-refractivity contribution in [3.8, 4) is 0 Å². The molecule has 154 valence electrons. The summed E-state index contributed by atoms with van der Waals surface area (Å²) in [5.41, 5.74) is 16.2. The van der Waals surface area contributed by atoms with Crippen LogP contribution in [0.5, 0.6) is 0 Å². The number of nitrogens with one attached hydrogen (secondary N) is 3. The molecule has 0 saturated carbocycles. The van der Waals surface area contributed by atoms with Crippen molar-refractivity contribution >= 4 is 29.7 Å². The van der Waals surface area contributed by atoms with Gasteiger partial charge in [0.1, 0.15) is 12.6 Å². The van der Waals surface area contributed by atoms with Crippen molar-refractivity contribution < 1.29 is 24.3 Å². The molecule has 0 fully saturated rings. The van der Waals surface area contributed by atoms with Gasteiger partial charge in [0, 0.05) is 6.54 Å². The smallest absolute Gasteiger partial charge is 0.322 e. The highest BCUT2D eigenvalue weighted by Crippen LogP contribution is 2.03. The summed E-state index contributed by atoms with van der Waals surface area (Å²) in [6.45, 7) is 2.81. The SMILES string of the molecule is CC(C)C(N)C(=O)NC(CCCN=C(N)N)C(=O)NCC(=O)NCC(=O)O. The van der Waals surface area contributed by atoms with Crippen LogP contribution in [-0.4, -0.2) is 66.5 Å². The number of rotatable bonds is 12. The Hall–Kier alpha value is -2.89. The summed E-state index contributed by atoms with van der Waals surface area (Å²) in [4.78, 5) is 50.1.